The van der Waals surface area contributed by atoms with Gasteiger partial charge >= 0.3 is 0 Å². The zero-order chi connectivity index (χ0) is 19.5. The van der Waals surface area contributed by atoms with E-state index in [0.717, 1.165) is 16.1 Å². The molecule has 2 rings (SSSR count). The molecule has 0 saturated carbocycles. The van der Waals surface area contributed by atoms with Gasteiger partial charge in [0.05, 0.1) is 11.9 Å². The molecule has 0 bridgehead atoms. The Labute approximate surface area is 167 Å². The number of halogens is 3. The third kappa shape index (κ3) is 5.51. The molecule has 0 fully saturated rings. The van der Waals surface area contributed by atoms with Crippen LogP contribution in [0.3, 0.4) is 0 Å². The van der Waals surface area contributed by atoms with Crippen LogP contribution < -0.4 is 9.62 Å². The zero-order valence-electron chi connectivity index (χ0n) is 14.0. The lowest BCUT2D eigenvalue weighted by atomic mass is 10.2. The number of nitrogens with one attached hydrogen (secondary N) is 1. The zero-order valence-corrected chi connectivity index (χ0v) is 17.1. The molecular weight excluding hydrogens is 419 g/mol. The van der Waals surface area contributed by atoms with E-state index in [1.54, 1.807) is 24.3 Å². The Morgan fingerprint density at radius 2 is 1.58 bits per heavy atom. The highest BCUT2D eigenvalue weighted by atomic mass is 35.5. The van der Waals surface area contributed by atoms with Gasteiger partial charge in [-0.25, -0.2) is 8.42 Å². The molecule has 1 amide bonds. The molecule has 0 aromatic heterocycles. The van der Waals surface area contributed by atoms with E-state index in [2.05, 4.69) is 5.32 Å². The minimum absolute atomic E-state index is 0.221. The summed E-state index contributed by atoms with van der Waals surface area (Å²) in [6.07, 6.45) is 1.02. The lowest BCUT2D eigenvalue weighted by Gasteiger charge is -2.28. The molecule has 9 heteroatoms. The van der Waals surface area contributed by atoms with Crippen LogP contribution in [0, 0.1) is 0 Å². The molecule has 1 N–H and O–H groups in total. The smallest absolute Gasteiger partial charge is 0.243 e. The molecule has 1 atom stereocenters. The van der Waals surface area contributed by atoms with E-state index in [0.29, 0.717) is 5.02 Å². The summed E-state index contributed by atoms with van der Waals surface area (Å²) in [6.45, 7) is 1.74. The Bertz CT molecular complexity index is 882. The first kappa shape index (κ1) is 20.8. The van der Waals surface area contributed by atoms with Crippen molar-refractivity contribution in [3.63, 3.8) is 0 Å². The largest absolute Gasteiger partial charge is 0.350 e. The predicted octanol–water partition coefficient (Wildman–Crippen LogP) is 4.12. The molecule has 5 nitrogen and oxygen atoms in total. The van der Waals surface area contributed by atoms with Gasteiger partial charge < -0.3 is 5.32 Å². The normalized spacial score (nSPS) is 12.5. The Balaban J connectivity index is 2.22. The van der Waals surface area contributed by atoms with Gasteiger partial charge in [-0.1, -0.05) is 46.9 Å². The first-order valence-electron chi connectivity index (χ1n) is 7.55. The van der Waals surface area contributed by atoms with Crippen LogP contribution >= 0.6 is 34.8 Å². The van der Waals surface area contributed by atoms with Crippen molar-refractivity contribution in [2.75, 3.05) is 10.6 Å². The first-order valence-corrected chi connectivity index (χ1v) is 10.5. The van der Waals surface area contributed by atoms with Gasteiger partial charge in [0, 0.05) is 21.6 Å². The average molecular weight is 436 g/mol. The van der Waals surface area contributed by atoms with Crippen molar-refractivity contribution in [3.8, 4) is 0 Å². The Morgan fingerprint density at radius 3 is 2.08 bits per heavy atom. The maximum atomic E-state index is 12.5. The van der Waals surface area contributed by atoms with Crippen molar-refractivity contribution < 1.29 is 13.2 Å². The maximum Gasteiger partial charge on any atom is 0.243 e. The maximum absolute atomic E-state index is 12.5. The van der Waals surface area contributed by atoms with E-state index in [-0.39, 0.29) is 22.3 Å². The number of nitrogens with zero attached hydrogens (tertiary/aromatic N) is 1. The summed E-state index contributed by atoms with van der Waals surface area (Å²) in [6, 6.07) is 10.4. The van der Waals surface area contributed by atoms with Gasteiger partial charge in [0.15, 0.2) is 0 Å². The Morgan fingerprint density at radius 1 is 1.04 bits per heavy atom. The number of sulfonamides is 1. The summed E-state index contributed by atoms with van der Waals surface area (Å²) < 4.78 is 25.5. The topological polar surface area (TPSA) is 66.5 Å². The molecule has 26 heavy (non-hydrogen) atoms. The van der Waals surface area contributed by atoms with Crippen molar-refractivity contribution >= 4 is 56.4 Å². The van der Waals surface area contributed by atoms with Gasteiger partial charge in [-0.05, 0) is 42.8 Å². The molecule has 0 spiro atoms. The number of amides is 1. The van der Waals surface area contributed by atoms with Crippen molar-refractivity contribution in [2.45, 2.75) is 19.5 Å². The second-order valence-electron chi connectivity index (χ2n) is 5.71. The van der Waals surface area contributed by atoms with E-state index in [1.807, 2.05) is 0 Å². The third-order valence-corrected chi connectivity index (χ3v) is 5.50. The van der Waals surface area contributed by atoms with E-state index in [9.17, 15) is 13.2 Å². The number of hydrogen-bond acceptors (Lipinski definition) is 3. The monoisotopic (exact) mass is 434 g/mol. The summed E-state index contributed by atoms with van der Waals surface area (Å²) in [7, 11) is -3.75. The SMILES string of the molecule is C[C@@H](C(=O)NCc1ccc(Cl)cc1)N(c1cc(Cl)cc(Cl)c1)S(C)(=O)=O. The number of rotatable bonds is 6. The summed E-state index contributed by atoms with van der Waals surface area (Å²) in [4.78, 5) is 12.5. The van der Waals surface area contributed by atoms with Crippen LogP contribution in [0.5, 0.6) is 0 Å². The molecular formula is C17H17Cl3N2O3S. The molecule has 2 aromatic rings. The summed E-state index contributed by atoms with van der Waals surface area (Å²) in [5.41, 5.74) is 1.06. The first-order chi connectivity index (χ1) is 12.1. The molecule has 0 saturated heterocycles. The van der Waals surface area contributed by atoms with Gasteiger partial charge in [-0.2, -0.15) is 0 Å². The fourth-order valence-corrected chi connectivity index (χ4v) is 4.21. The van der Waals surface area contributed by atoms with E-state index >= 15 is 0 Å². The van der Waals surface area contributed by atoms with E-state index in [1.165, 1.54) is 25.1 Å². The van der Waals surface area contributed by atoms with Gasteiger partial charge in [0.2, 0.25) is 15.9 Å². The molecule has 140 valence electrons. The predicted molar refractivity (Wildman–Crippen MR) is 107 cm³/mol. The van der Waals surface area contributed by atoms with Crippen molar-refractivity contribution in [1.29, 1.82) is 0 Å². The lowest BCUT2D eigenvalue weighted by Crippen LogP contribution is -2.47. The fraction of sp³-hybridized carbons (Fsp3) is 0.235. The molecule has 0 aliphatic carbocycles. The van der Waals surface area contributed by atoms with Gasteiger partial charge in [0.1, 0.15) is 6.04 Å². The third-order valence-electron chi connectivity index (χ3n) is 3.57. The number of hydrogen-bond donors (Lipinski definition) is 1. The molecule has 0 aliphatic heterocycles. The molecule has 0 heterocycles. The molecule has 0 unspecified atom stereocenters. The van der Waals surface area contributed by atoms with Crippen molar-refractivity contribution in [1.82, 2.24) is 5.32 Å². The van der Waals surface area contributed by atoms with Gasteiger partial charge in [0.25, 0.3) is 0 Å². The highest BCUT2D eigenvalue weighted by Crippen LogP contribution is 2.28. The van der Waals surface area contributed by atoms with E-state index < -0.39 is 22.0 Å². The molecule has 0 aliphatic rings. The highest BCUT2D eigenvalue weighted by molar-refractivity contribution is 7.92. The summed E-state index contributed by atoms with van der Waals surface area (Å²) in [5.74, 6) is -0.457. The second kappa shape index (κ2) is 8.48. The average Bonchev–Trinajstić information content (AvgIpc) is 2.51. The molecule has 0 radical (unpaired) electrons. The van der Waals surface area contributed by atoms with Crippen LogP contribution in [0.4, 0.5) is 5.69 Å². The quantitative estimate of drug-likeness (QED) is 0.742. The van der Waals surface area contributed by atoms with Crippen LogP contribution in [0.2, 0.25) is 15.1 Å². The van der Waals surface area contributed by atoms with Crippen LogP contribution in [0.1, 0.15) is 12.5 Å². The van der Waals surface area contributed by atoms with Crippen molar-refractivity contribution in [3.05, 3.63) is 63.1 Å². The molecule has 2 aromatic carbocycles. The van der Waals surface area contributed by atoms with Crippen LogP contribution in [0.15, 0.2) is 42.5 Å². The van der Waals surface area contributed by atoms with Crippen LogP contribution in [0.25, 0.3) is 0 Å². The van der Waals surface area contributed by atoms with Crippen LogP contribution in [-0.2, 0) is 21.4 Å². The van der Waals surface area contributed by atoms with Crippen LogP contribution in [-0.4, -0.2) is 26.6 Å². The van der Waals surface area contributed by atoms with Crippen molar-refractivity contribution in [2.24, 2.45) is 0 Å². The summed E-state index contributed by atoms with van der Waals surface area (Å²) >= 11 is 17.8. The Hall–Kier alpha value is -1.47. The highest BCUT2D eigenvalue weighted by Gasteiger charge is 2.29. The number of carbonyl (C=O) groups excluding carboxylic acids is 1. The minimum atomic E-state index is -3.75. The van der Waals surface area contributed by atoms with Gasteiger partial charge in [-0.3, -0.25) is 9.10 Å². The number of benzene rings is 2. The van der Waals surface area contributed by atoms with E-state index in [4.69, 9.17) is 34.8 Å². The van der Waals surface area contributed by atoms with Gasteiger partial charge in [-0.15, -0.1) is 0 Å². The number of anilines is 1. The number of carbonyl (C=O) groups is 1. The minimum Gasteiger partial charge on any atom is -0.350 e. The summed E-state index contributed by atoms with van der Waals surface area (Å²) in [5, 5.41) is 3.85. The standard InChI is InChI=1S/C17H17Cl3N2O3S/c1-11(17(23)21-10-12-3-5-13(18)6-4-12)22(26(2,24)25)16-8-14(19)7-15(20)9-16/h3-9,11H,10H2,1-2H3,(H,21,23)/t11-/m0/s1. The lowest BCUT2D eigenvalue weighted by molar-refractivity contribution is -0.122. The second-order valence-corrected chi connectivity index (χ2v) is 8.88. The fourth-order valence-electron chi connectivity index (χ4n) is 2.41. The Kier molecular flexibility index (Phi) is 6.80.